The fourth-order valence-corrected chi connectivity index (χ4v) is 6.51. The van der Waals surface area contributed by atoms with Gasteiger partial charge < -0.3 is 28.4 Å². The monoisotopic (exact) mass is 705 g/mol. The van der Waals surface area contributed by atoms with Gasteiger partial charge in [0.2, 0.25) is 0 Å². The second kappa shape index (κ2) is 26.3. The number of nitrogens with zero attached hydrogens (tertiary/aromatic N) is 2. The molecule has 0 aromatic carbocycles. The number of hydrogen-bond donors (Lipinski definition) is 1. The Kier molecular flexibility index (Phi) is 22.0. The molecule has 0 bridgehead atoms. The molecule has 2 aliphatic rings. The quantitative estimate of drug-likeness (QED) is 0.0601. The summed E-state index contributed by atoms with van der Waals surface area (Å²) in [6.07, 6.45) is 24.4. The van der Waals surface area contributed by atoms with E-state index in [0.29, 0.717) is 19.8 Å². The minimum absolute atomic E-state index is 0.0604. The molecule has 1 aromatic heterocycles. The van der Waals surface area contributed by atoms with Gasteiger partial charge in [-0.3, -0.25) is 19.6 Å². The molecule has 0 amide bonds. The van der Waals surface area contributed by atoms with Crippen LogP contribution in [0.4, 0.5) is 0 Å². The Hall–Kier alpha value is -2.50. The number of esters is 2. The van der Waals surface area contributed by atoms with Gasteiger partial charge in [0.15, 0.2) is 23.9 Å². The summed E-state index contributed by atoms with van der Waals surface area (Å²) in [5.41, 5.74) is 0.0604. The number of ether oxygens (including phenoxy) is 6. The minimum atomic E-state index is -0.814. The average Bonchev–Trinajstić information content (AvgIpc) is 3.62. The molecule has 3 rings (SSSR count). The van der Waals surface area contributed by atoms with Crippen LogP contribution < -0.4 is 10.2 Å². The van der Waals surface area contributed by atoms with Crippen molar-refractivity contribution in [2.75, 3.05) is 33.0 Å². The Labute approximate surface area is 301 Å². The van der Waals surface area contributed by atoms with Gasteiger partial charge >= 0.3 is 17.9 Å². The van der Waals surface area contributed by atoms with Gasteiger partial charge in [-0.25, -0.2) is 0 Å². The molecule has 0 unspecified atom stereocenters. The molecule has 0 aliphatic carbocycles. The number of fused-ring (bicyclic) bond motifs is 3. The first-order valence-corrected chi connectivity index (χ1v) is 20.0. The highest BCUT2D eigenvalue weighted by molar-refractivity contribution is 5.70. The minimum Gasteiger partial charge on any atom is -0.463 e. The average molecular weight is 706 g/mol. The lowest BCUT2D eigenvalue weighted by Gasteiger charge is -2.22. The van der Waals surface area contributed by atoms with Crippen LogP contribution in [-0.2, 0) is 33.3 Å². The van der Waals surface area contributed by atoms with Crippen LogP contribution in [0.25, 0.3) is 0 Å². The second-order valence-electron chi connectivity index (χ2n) is 13.9. The lowest BCUT2D eigenvalue weighted by atomic mass is 10.1. The van der Waals surface area contributed by atoms with E-state index in [9.17, 15) is 9.59 Å². The molecule has 1 fully saturated rings. The van der Waals surface area contributed by atoms with Crippen molar-refractivity contribution in [3.63, 3.8) is 0 Å². The Morgan fingerprint density at radius 2 is 1.22 bits per heavy atom. The summed E-state index contributed by atoms with van der Waals surface area (Å²) in [6, 6.07) is 1.76. The maximum Gasteiger partial charge on any atom is 0.308 e. The van der Waals surface area contributed by atoms with E-state index in [-0.39, 0.29) is 37.6 Å². The van der Waals surface area contributed by atoms with E-state index in [2.05, 4.69) is 18.8 Å². The van der Waals surface area contributed by atoms with E-state index >= 15 is 0 Å². The Morgan fingerprint density at radius 3 is 1.76 bits per heavy atom. The zero-order valence-corrected chi connectivity index (χ0v) is 31.2. The van der Waals surface area contributed by atoms with Gasteiger partial charge in [0.25, 0.3) is 0 Å². The Balaban J connectivity index is 1.30. The summed E-state index contributed by atoms with van der Waals surface area (Å²) < 4.78 is 36.6. The summed E-state index contributed by atoms with van der Waals surface area (Å²) in [5.74, 6) is -0.827. The van der Waals surface area contributed by atoms with Crippen molar-refractivity contribution in [3.05, 3.63) is 17.8 Å². The van der Waals surface area contributed by atoms with Gasteiger partial charge in [0.1, 0.15) is 12.7 Å². The molecule has 0 saturated carbocycles. The summed E-state index contributed by atoms with van der Waals surface area (Å²) >= 11 is 0. The third kappa shape index (κ3) is 16.7. The maximum atomic E-state index is 12.9. The Bertz CT molecular complexity index is 1120. The van der Waals surface area contributed by atoms with Crippen LogP contribution in [0.15, 0.2) is 12.3 Å². The van der Waals surface area contributed by atoms with Crippen LogP contribution in [0.3, 0.4) is 0 Å². The number of carbonyl (C=O) groups is 2. The van der Waals surface area contributed by atoms with Crippen molar-refractivity contribution >= 4 is 11.9 Å². The fraction of sp³-hybridized carbons (Fsp3) is 0.846. The van der Waals surface area contributed by atoms with Crippen molar-refractivity contribution in [3.8, 4) is 6.01 Å². The molecule has 2 aliphatic heterocycles. The molecule has 1 saturated heterocycles. The number of aromatic nitrogens is 2. The molecule has 3 heterocycles. The van der Waals surface area contributed by atoms with Gasteiger partial charge in [-0.1, -0.05) is 129 Å². The van der Waals surface area contributed by atoms with Crippen molar-refractivity contribution in [1.82, 2.24) is 9.55 Å². The topological polar surface area (TPSA) is 131 Å². The van der Waals surface area contributed by atoms with E-state index in [4.69, 9.17) is 33.8 Å². The first-order valence-electron chi connectivity index (χ1n) is 20.0. The predicted molar refractivity (Wildman–Crippen MR) is 192 cm³/mol. The molecule has 4 atom stereocenters. The lowest BCUT2D eigenvalue weighted by molar-refractivity contribution is -0.161. The summed E-state index contributed by atoms with van der Waals surface area (Å²) in [4.78, 5) is 29.5. The zero-order chi connectivity index (χ0) is 35.7. The second-order valence-corrected chi connectivity index (χ2v) is 13.9. The summed E-state index contributed by atoms with van der Waals surface area (Å²) in [7, 11) is 0. The highest BCUT2D eigenvalue weighted by Crippen LogP contribution is 2.40. The van der Waals surface area contributed by atoms with Gasteiger partial charge in [0, 0.05) is 19.4 Å². The van der Waals surface area contributed by atoms with Gasteiger partial charge in [-0.05, 0) is 18.9 Å². The third-order valence-corrected chi connectivity index (χ3v) is 9.49. The van der Waals surface area contributed by atoms with Gasteiger partial charge in [-0.2, -0.15) is 4.98 Å². The van der Waals surface area contributed by atoms with Crippen molar-refractivity contribution in [1.29, 1.82) is 5.41 Å². The number of hydrogen-bond acceptors (Lipinski definition) is 10. The molecular formula is C39H67N3O8. The van der Waals surface area contributed by atoms with E-state index in [0.717, 1.165) is 25.7 Å². The first kappa shape index (κ1) is 41.9. The molecule has 0 radical (unpaired) electrons. The highest BCUT2D eigenvalue weighted by Gasteiger charge is 2.54. The normalized spacial score (nSPS) is 19.2. The molecule has 0 spiro atoms. The van der Waals surface area contributed by atoms with E-state index < -0.39 is 36.5 Å². The molecule has 1 N–H and O–H groups in total. The van der Waals surface area contributed by atoms with Gasteiger partial charge in [-0.15, -0.1) is 0 Å². The number of carbonyl (C=O) groups excluding carboxylic acids is 2. The molecule has 286 valence electrons. The smallest absolute Gasteiger partial charge is 0.308 e. The van der Waals surface area contributed by atoms with Gasteiger partial charge in [0.05, 0.1) is 26.1 Å². The molecule has 11 heteroatoms. The molecule has 1 aromatic rings. The van der Waals surface area contributed by atoms with E-state index in [1.165, 1.54) is 109 Å². The standard InChI is InChI=1S/C39H67N3O8/c1-3-5-7-9-11-13-15-17-19-21-27-45-29-24-34(43)47-31-32-36(37-38(48-32)42-26-23-33(40)41-39(42)50-37)49-35(44)25-30-46-28-22-20-18-16-14-12-10-8-6-4-2/h23,26,32,36-38,40H,3-22,24-25,27-31H2,1-2H3/t32-,36-,37-,38-/m1/s1. The maximum absolute atomic E-state index is 12.9. The van der Waals surface area contributed by atoms with Crippen LogP contribution in [0.1, 0.15) is 161 Å². The number of rotatable bonds is 31. The van der Waals surface area contributed by atoms with Crippen LogP contribution >= 0.6 is 0 Å². The largest absolute Gasteiger partial charge is 0.463 e. The SMILES string of the molecule is CCCCCCCCCCCCOCCC(=O)OC[C@H]1O[C@@H]2[C@H](Oc3nc(=N)ccn32)[C@@H]1OC(=O)CCOCCCCCCCCCCCC. The lowest BCUT2D eigenvalue weighted by Crippen LogP contribution is -2.40. The van der Waals surface area contributed by atoms with Crippen molar-refractivity contribution < 1.29 is 38.0 Å². The van der Waals surface area contributed by atoms with Crippen LogP contribution in [0.2, 0.25) is 0 Å². The first-order chi connectivity index (χ1) is 24.5. The molecular weight excluding hydrogens is 638 g/mol. The number of unbranched alkanes of at least 4 members (excludes halogenated alkanes) is 18. The zero-order valence-electron chi connectivity index (χ0n) is 31.2. The van der Waals surface area contributed by atoms with Crippen LogP contribution in [-0.4, -0.2) is 72.8 Å². The molecule has 11 nitrogen and oxygen atoms in total. The van der Waals surface area contributed by atoms with E-state index in [1.54, 1.807) is 10.8 Å². The summed E-state index contributed by atoms with van der Waals surface area (Å²) in [5, 5.41) is 7.82. The van der Waals surface area contributed by atoms with Crippen molar-refractivity contribution in [2.45, 2.75) is 180 Å². The fourth-order valence-electron chi connectivity index (χ4n) is 6.51. The van der Waals surface area contributed by atoms with Crippen LogP contribution in [0.5, 0.6) is 6.01 Å². The molecule has 50 heavy (non-hydrogen) atoms. The van der Waals surface area contributed by atoms with Crippen LogP contribution in [0, 0.1) is 5.41 Å². The Morgan fingerprint density at radius 1 is 0.720 bits per heavy atom. The number of nitrogens with one attached hydrogen (secondary N) is 1. The highest BCUT2D eigenvalue weighted by atomic mass is 16.7. The summed E-state index contributed by atoms with van der Waals surface area (Å²) in [6.45, 7) is 6.25. The van der Waals surface area contributed by atoms with E-state index in [1.807, 2.05) is 0 Å². The van der Waals surface area contributed by atoms with Crippen molar-refractivity contribution in [2.24, 2.45) is 0 Å². The third-order valence-electron chi connectivity index (χ3n) is 9.49. The predicted octanol–water partition coefficient (Wildman–Crippen LogP) is 8.13.